The molecule has 1 aromatic heterocycles. The number of allylic oxidation sites excluding steroid dienone is 1. The Morgan fingerprint density at radius 1 is 0.943 bits per heavy atom. The number of fused-ring (bicyclic) bond motifs is 1. The molecule has 4 aromatic carbocycles. The van der Waals surface area contributed by atoms with Gasteiger partial charge in [0.1, 0.15) is 24.7 Å². The van der Waals surface area contributed by atoms with Gasteiger partial charge in [0.15, 0.2) is 10.5 Å². The number of esters is 1. The molecule has 0 radical (unpaired) electrons. The highest BCUT2D eigenvalue weighted by atomic mass is 35.5. The zero-order valence-electron chi connectivity index (χ0n) is 27.7. The van der Waals surface area contributed by atoms with Crippen molar-refractivity contribution in [3.8, 4) is 23.6 Å². The summed E-state index contributed by atoms with van der Waals surface area (Å²) in [4.78, 5) is 30.9. The molecule has 2 heterocycles. The highest BCUT2D eigenvalue weighted by Crippen LogP contribution is 2.38. The van der Waals surface area contributed by atoms with Crippen LogP contribution in [0.5, 0.6) is 11.5 Å². The molecular formula is C39H26ClF3N4O5S. The van der Waals surface area contributed by atoms with Gasteiger partial charge in [-0.2, -0.15) is 23.7 Å². The second-order valence-electron chi connectivity index (χ2n) is 11.4. The highest BCUT2D eigenvalue weighted by molar-refractivity contribution is 7.07. The molecule has 0 bridgehead atoms. The summed E-state index contributed by atoms with van der Waals surface area (Å²) in [5, 5.41) is 19.4. The fraction of sp³-hybridized carbons (Fsp3) is 0.154. The number of thiazole rings is 1. The first-order valence-electron chi connectivity index (χ1n) is 15.9. The predicted octanol–water partition coefficient (Wildman–Crippen LogP) is 6.90. The van der Waals surface area contributed by atoms with E-state index >= 15 is 0 Å². The van der Waals surface area contributed by atoms with Crippen molar-refractivity contribution in [2.75, 3.05) is 6.61 Å². The Bertz CT molecular complexity index is 2510. The molecular weight excluding hydrogens is 729 g/mol. The van der Waals surface area contributed by atoms with Crippen LogP contribution in [0.15, 0.2) is 112 Å². The number of benzene rings is 4. The number of nitriles is 2. The van der Waals surface area contributed by atoms with Crippen molar-refractivity contribution in [1.29, 1.82) is 10.5 Å². The molecule has 0 fully saturated rings. The first kappa shape index (κ1) is 36.6. The number of carbonyl (C=O) groups excluding carboxylic acids is 1. The summed E-state index contributed by atoms with van der Waals surface area (Å²) < 4.78 is 61.9. The number of hydrogen-bond donors (Lipinski definition) is 0. The van der Waals surface area contributed by atoms with Crippen LogP contribution in [0.25, 0.3) is 6.08 Å². The third kappa shape index (κ3) is 7.87. The maximum atomic E-state index is 14.5. The van der Waals surface area contributed by atoms with Gasteiger partial charge >= 0.3 is 12.1 Å². The van der Waals surface area contributed by atoms with Crippen LogP contribution in [0.4, 0.5) is 13.2 Å². The molecule has 0 amide bonds. The molecule has 53 heavy (non-hydrogen) atoms. The molecule has 1 aliphatic rings. The zero-order valence-corrected chi connectivity index (χ0v) is 29.3. The highest BCUT2D eigenvalue weighted by Gasteiger charge is 2.45. The number of carbonyl (C=O) groups is 1. The van der Waals surface area contributed by atoms with E-state index in [1.807, 2.05) is 0 Å². The molecule has 9 nitrogen and oxygen atoms in total. The molecule has 6 rings (SSSR count). The Kier molecular flexibility index (Phi) is 10.8. The van der Waals surface area contributed by atoms with E-state index in [1.54, 1.807) is 66.7 Å². The van der Waals surface area contributed by atoms with Crippen LogP contribution in [-0.2, 0) is 22.7 Å². The molecule has 0 N–H and O–H groups in total. The second-order valence-corrected chi connectivity index (χ2v) is 12.9. The van der Waals surface area contributed by atoms with Gasteiger partial charge in [-0.1, -0.05) is 71.5 Å². The van der Waals surface area contributed by atoms with Crippen molar-refractivity contribution >= 4 is 35.0 Å². The lowest BCUT2D eigenvalue weighted by atomic mass is 9.95. The Labute approximate surface area is 309 Å². The normalized spacial score (nSPS) is 14.1. The number of nitrogens with zero attached hydrogens (tertiary/aromatic N) is 4. The molecule has 0 aliphatic carbocycles. The molecule has 0 saturated heterocycles. The van der Waals surface area contributed by atoms with E-state index in [2.05, 4.69) is 17.1 Å². The molecule has 266 valence electrons. The number of alkyl halides is 3. The Hall–Kier alpha value is -6.15. The fourth-order valence-electron chi connectivity index (χ4n) is 5.62. The average molecular weight is 755 g/mol. The van der Waals surface area contributed by atoms with Crippen LogP contribution in [-0.4, -0.2) is 23.3 Å². The summed E-state index contributed by atoms with van der Waals surface area (Å²) in [6, 6.07) is 27.1. The van der Waals surface area contributed by atoms with Gasteiger partial charge in [-0.3, -0.25) is 9.36 Å². The summed E-state index contributed by atoms with van der Waals surface area (Å²) >= 11 is 6.78. The van der Waals surface area contributed by atoms with Crippen molar-refractivity contribution in [3.63, 3.8) is 0 Å². The van der Waals surface area contributed by atoms with Crippen molar-refractivity contribution in [2.45, 2.75) is 32.4 Å². The molecule has 1 aliphatic heterocycles. The zero-order chi connectivity index (χ0) is 37.7. The minimum absolute atomic E-state index is 0.00626. The Morgan fingerprint density at radius 3 is 2.17 bits per heavy atom. The van der Waals surface area contributed by atoms with Gasteiger partial charge in [-0.25, -0.2) is 9.79 Å². The molecule has 0 unspecified atom stereocenters. The topological polar surface area (TPSA) is 127 Å². The first-order chi connectivity index (χ1) is 25.5. The molecule has 1 atom stereocenters. The van der Waals surface area contributed by atoms with Crippen LogP contribution in [0.1, 0.15) is 46.3 Å². The average Bonchev–Trinajstić information content (AvgIpc) is 3.47. The summed E-state index contributed by atoms with van der Waals surface area (Å²) in [5.74, 6) is -0.678. The summed E-state index contributed by atoms with van der Waals surface area (Å²) in [7, 11) is 0. The van der Waals surface area contributed by atoms with Gasteiger partial charge in [-0.15, -0.1) is 0 Å². The van der Waals surface area contributed by atoms with E-state index < -0.39 is 35.0 Å². The van der Waals surface area contributed by atoms with Gasteiger partial charge in [0.05, 0.1) is 46.0 Å². The summed E-state index contributed by atoms with van der Waals surface area (Å²) in [6.07, 6.45) is -3.61. The van der Waals surface area contributed by atoms with Gasteiger partial charge in [0.25, 0.3) is 5.56 Å². The van der Waals surface area contributed by atoms with Crippen molar-refractivity contribution in [3.05, 3.63) is 160 Å². The minimum Gasteiger partial charge on any atom is -0.489 e. The number of aromatic nitrogens is 1. The summed E-state index contributed by atoms with van der Waals surface area (Å²) in [6.45, 7) is 1.27. The van der Waals surface area contributed by atoms with Crippen LogP contribution >= 0.6 is 22.9 Å². The van der Waals surface area contributed by atoms with E-state index in [0.29, 0.717) is 49.9 Å². The Morgan fingerprint density at radius 2 is 1.57 bits per heavy atom. The number of halogens is 4. The standard InChI is InChI=1S/C39H26ClF3N4O5S/c1-2-50-37(49)33-34(23-11-14-29(40)15-12-23)47-36(48)32(53-38(47)46-35(33)39(41,42)43)17-24-13-16-30(51-21-27-9-5-3-7-25(27)19-44)18-31(24)52-22-28-10-6-4-8-26(28)20-45/h3-18,34H,2,21-22H2,1H3/b32-17+/t34-/m1/s1. The quantitative estimate of drug-likeness (QED) is 0.142. The third-order valence-corrected chi connectivity index (χ3v) is 9.34. The van der Waals surface area contributed by atoms with E-state index in [9.17, 15) is 33.3 Å². The van der Waals surface area contributed by atoms with E-state index in [0.717, 1.165) is 4.57 Å². The van der Waals surface area contributed by atoms with E-state index in [-0.39, 0.29) is 40.5 Å². The maximum Gasteiger partial charge on any atom is 0.434 e. The Balaban J connectivity index is 1.48. The van der Waals surface area contributed by atoms with Gasteiger partial charge < -0.3 is 14.2 Å². The second kappa shape index (κ2) is 15.6. The van der Waals surface area contributed by atoms with E-state index in [1.165, 1.54) is 37.3 Å². The van der Waals surface area contributed by atoms with Crippen molar-refractivity contribution in [2.24, 2.45) is 4.99 Å². The summed E-state index contributed by atoms with van der Waals surface area (Å²) in [5.41, 5.74) is -0.400. The lowest BCUT2D eigenvalue weighted by Gasteiger charge is -2.26. The van der Waals surface area contributed by atoms with Crippen LogP contribution in [0.3, 0.4) is 0 Å². The largest absolute Gasteiger partial charge is 0.489 e. The minimum atomic E-state index is -5.06. The van der Waals surface area contributed by atoms with Crippen molar-refractivity contribution in [1.82, 2.24) is 4.57 Å². The van der Waals surface area contributed by atoms with Gasteiger partial charge in [-0.05, 0) is 55.0 Å². The predicted molar refractivity (Wildman–Crippen MR) is 190 cm³/mol. The number of rotatable bonds is 10. The fourth-order valence-corrected chi connectivity index (χ4v) is 6.74. The number of ether oxygens (including phenoxy) is 3. The van der Waals surface area contributed by atoms with Crippen LogP contribution < -0.4 is 24.4 Å². The van der Waals surface area contributed by atoms with Crippen molar-refractivity contribution < 1.29 is 32.2 Å². The molecule has 14 heteroatoms. The SMILES string of the molecule is CCOC(=O)C1=C(C(F)(F)F)N=c2s/c(=C/c3ccc(OCc4ccccc4C#N)cc3OCc3ccccc3C#N)c(=O)n2[C@@H]1c1ccc(Cl)cc1. The van der Waals surface area contributed by atoms with Gasteiger partial charge in [0, 0.05) is 27.8 Å². The lowest BCUT2D eigenvalue weighted by Crippen LogP contribution is -2.41. The maximum absolute atomic E-state index is 14.5. The monoisotopic (exact) mass is 754 g/mol. The molecule has 5 aromatic rings. The van der Waals surface area contributed by atoms with E-state index in [4.69, 9.17) is 25.8 Å². The smallest absolute Gasteiger partial charge is 0.434 e. The number of hydrogen-bond acceptors (Lipinski definition) is 9. The molecule has 0 spiro atoms. The third-order valence-electron chi connectivity index (χ3n) is 8.11. The van der Waals surface area contributed by atoms with Crippen LogP contribution in [0, 0.1) is 22.7 Å². The van der Waals surface area contributed by atoms with Crippen LogP contribution in [0.2, 0.25) is 5.02 Å². The first-order valence-corrected chi connectivity index (χ1v) is 17.1. The lowest BCUT2D eigenvalue weighted by molar-refractivity contribution is -0.140. The van der Waals surface area contributed by atoms with Gasteiger partial charge in [0.2, 0.25) is 0 Å². The molecule has 0 saturated carbocycles.